The second-order valence-corrected chi connectivity index (χ2v) is 7.34. The maximum Gasteiger partial charge on any atom is 0.241 e. The number of imidazole rings is 1. The van der Waals surface area contributed by atoms with Gasteiger partial charge in [0.1, 0.15) is 18.0 Å². The topological polar surface area (TPSA) is 81.7 Å². The van der Waals surface area contributed by atoms with Gasteiger partial charge in [0.05, 0.1) is 11.7 Å². The monoisotopic (exact) mass is 424 g/mol. The molecule has 0 bridgehead atoms. The first-order valence-corrected chi connectivity index (χ1v) is 8.55. The molecule has 0 aliphatic carbocycles. The highest BCUT2D eigenvalue weighted by Gasteiger charge is 2.27. The summed E-state index contributed by atoms with van der Waals surface area (Å²) in [6.07, 6.45) is 3.89. The Morgan fingerprint density at radius 3 is 2.46 bits per heavy atom. The highest BCUT2D eigenvalue weighted by molar-refractivity contribution is 5.95. The quantitative estimate of drug-likeness (QED) is 0.646. The Bertz CT molecular complexity index is 871. The van der Waals surface area contributed by atoms with Gasteiger partial charge in [-0.1, -0.05) is 26.8 Å². The molecule has 152 valence electrons. The van der Waals surface area contributed by atoms with E-state index in [2.05, 4.69) is 10.3 Å². The van der Waals surface area contributed by atoms with Crippen molar-refractivity contribution in [1.29, 1.82) is 0 Å². The zero-order valence-corrected chi connectivity index (χ0v) is 17.7. The standard InChI is InChI=1S/C20H24N4O2.2ClH/c1-20(2,3)18(21)19(25)23-14-7-9-16(10-8-14)26-13-15-12-24-11-5-4-6-17(24)22-15;;/h4-12,18H,13,21H2,1-3H3,(H,23,25);2*1H/t18-;;/m1../s1. The van der Waals surface area contributed by atoms with Crippen molar-refractivity contribution >= 4 is 42.1 Å². The minimum Gasteiger partial charge on any atom is -0.487 e. The largest absolute Gasteiger partial charge is 0.487 e. The molecule has 0 aliphatic heterocycles. The van der Waals surface area contributed by atoms with E-state index in [4.69, 9.17) is 10.5 Å². The zero-order chi connectivity index (χ0) is 18.7. The molecule has 2 aromatic heterocycles. The summed E-state index contributed by atoms with van der Waals surface area (Å²) in [5.74, 6) is 0.510. The average Bonchev–Trinajstić information content (AvgIpc) is 3.02. The fraction of sp³-hybridized carbons (Fsp3) is 0.300. The van der Waals surface area contributed by atoms with Crippen molar-refractivity contribution in [1.82, 2.24) is 9.38 Å². The first-order chi connectivity index (χ1) is 12.3. The molecule has 3 N–H and O–H groups in total. The summed E-state index contributed by atoms with van der Waals surface area (Å²) in [5.41, 5.74) is 8.11. The second-order valence-electron chi connectivity index (χ2n) is 7.34. The van der Waals surface area contributed by atoms with Crippen LogP contribution in [0, 0.1) is 5.41 Å². The van der Waals surface area contributed by atoms with Gasteiger partial charge in [0.15, 0.2) is 0 Å². The summed E-state index contributed by atoms with van der Waals surface area (Å²) in [4.78, 5) is 16.7. The van der Waals surface area contributed by atoms with Crippen LogP contribution >= 0.6 is 24.8 Å². The van der Waals surface area contributed by atoms with E-state index in [9.17, 15) is 4.79 Å². The van der Waals surface area contributed by atoms with Crippen LogP contribution in [0.15, 0.2) is 54.9 Å². The number of ether oxygens (including phenoxy) is 1. The molecule has 28 heavy (non-hydrogen) atoms. The fourth-order valence-electron chi connectivity index (χ4n) is 2.46. The van der Waals surface area contributed by atoms with E-state index in [0.29, 0.717) is 18.0 Å². The van der Waals surface area contributed by atoms with Crippen LogP contribution < -0.4 is 15.8 Å². The third-order valence-corrected chi connectivity index (χ3v) is 4.14. The number of benzene rings is 1. The first kappa shape index (κ1) is 23.8. The number of hydrogen-bond acceptors (Lipinski definition) is 4. The number of amides is 1. The lowest BCUT2D eigenvalue weighted by Crippen LogP contribution is -2.45. The molecule has 8 heteroatoms. The Hall–Kier alpha value is -2.28. The van der Waals surface area contributed by atoms with Crippen LogP contribution in [0.2, 0.25) is 0 Å². The number of hydrogen-bond donors (Lipinski definition) is 2. The van der Waals surface area contributed by atoms with E-state index in [1.54, 1.807) is 12.1 Å². The minimum atomic E-state index is -0.575. The van der Waals surface area contributed by atoms with E-state index in [1.807, 2.05) is 67.9 Å². The smallest absolute Gasteiger partial charge is 0.241 e. The van der Waals surface area contributed by atoms with Crippen LogP contribution in [0.5, 0.6) is 5.75 Å². The number of nitrogens with one attached hydrogen (secondary N) is 1. The molecule has 1 amide bonds. The molecule has 0 saturated heterocycles. The number of carbonyl (C=O) groups is 1. The molecule has 3 rings (SSSR count). The van der Waals surface area contributed by atoms with Gasteiger partial charge >= 0.3 is 0 Å². The lowest BCUT2D eigenvalue weighted by molar-refractivity contribution is -0.119. The maximum absolute atomic E-state index is 12.2. The Morgan fingerprint density at radius 1 is 1.18 bits per heavy atom. The normalized spacial score (nSPS) is 11.9. The number of pyridine rings is 1. The van der Waals surface area contributed by atoms with Gasteiger partial charge in [-0.3, -0.25) is 4.79 Å². The summed E-state index contributed by atoms with van der Waals surface area (Å²) < 4.78 is 7.72. The molecule has 0 saturated carbocycles. The third-order valence-electron chi connectivity index (χ3n) is 4.14. The summed E-state index contributed by atoms with van der Waals surface area (Å²) in [6.45, 7) is 6.19. The Labute approximate surface area is 177 Å². The van der Waals surface area contributed by atoms with Gasteiger partial charge < -0.3 is 20.2 Å². The van der Waals surface area contributed by atoms with Crippen LogP contribution in [-0.4, -0.2) is 21.3 Å². The fourth-order valence-corrected chi connectivity index (χ4v) is 2.46. The molecule has 3 aromatic rings. The van der Waals surface area contributed by atoms with Crippen molar-refractivity contribution in [3.05, 3.63) is 60.6 Å². The van der Waals surface area contributed by atoms with Crippen molar-refractivity contribution in [3.63, 3.8) is 0 Å². The molecular weight excluding hydrogens is 399 g/mol. The summed E-state index contributed by atoms with van der Waals surface area (Å²) >= 11 is 0. The van der Waals surface area contributed by atoms with Crippen LogP contribution in [0.25, 0.3) is 5.65 Å². The van der Waals surface area contributed by atoms with Crippen molar-refractivity contribution in [2.45, 2.75) is 33.4 Å². The molecule has 1 atom stereocenters. The molecule has 2 heterocycles. The number of anilines is 1. The lowest BCUT2D eigenvalue weighted by Gasteiger charge is -2.25. The first-order valence-electron chi connectivity index (χ1n) is 8.55. The number of fused-ring (bicyclic) bond motifs is 1. The molecule has 0 fully saturated rings. The lowest BCUT2D eigenvalue weighted by atomic mass is 9.87. The third kappa shape index (κ3) is 5.86. The minimum absolute atomic E-state index is 0. The average molecular weight is 425 g/mol. The molecule has 0 radical (unpaired) electrons. The second kappa shape index (κ2) is 9.78. The highest BCUT2D eigenvalue weighted by Crippen LogP contribution is 2.21. The molecule has 1 aromatic carbocycles. The van der Waals surface area contributed by atoms with Gasteiger partial charge in [0.25, 0.3) is 0 Å². The van der Waals surface area contributed by atoms with E-state index in [1.165, 1.54) is 0 Å². The Morgan fingerprint density at radius 2 is 1.86 bits per heavy atom. The number of halogens is 2. The van der Waals surface area contributed by atoms with Crippen LogP contribution in [-0.2, 0) is 11.4 Å². The predicted molar refractivity (Wildman–Crippen MR) is 117 cm³/mol. The van der Waals surface area contributed by atoms with Gasteiger partial charge in [-0.15, -0.1) is 24.8 Å². The highest BCUT2D eigenvalue weighted by atomic mass is 35.5. The van der Waals surface area contributed by atoms with Gasteiger partial charge in [-0.2, -0.15) is 0 Å². The van der Waals surface area contributed by atoms with Crippen molar-refractivity contribution in [3.8, 4) is 5.75 Å². The van der Waals surface area contributed by atoms with Gasteiger partial charge in [0, 0.05) is 18.1 Å². The summed E-state index contributed by atoms with van der Waals surface area (Å²) in [6, 6.07) is 12.5. The van der Waals surface area contributed by atoms with Crippen LogP contribution in [0.1, 0.15) is 26.5 Å². The van der Waals surface area contributed by atoms with Gasteiger partial charge in [-0.05, 0) is 41.8 Å². The van der Waals surface area contributed by atoms with E-state index < -0.39 is 6.04 Å². The van der Waals surface area contributed by atoms with E-state index in [0.717, 1.165) is 11.3 Å². The number of nitrogens with two attached hydrogens (primary N) is 1. The van der Waals surface area contributed by atoms with Crippen molar-refractivity contribution in [2.75, 3.05) is 5.32 Å². The van der Waals surface area contributed by atoms with Gasteiger partial charge in [0.2, 0.25) is 5.91 Å². The number of rotatable bonds is 5. The Balaban J connectivity index is 0.00000196. The van der Waals surface area contributed by atoms with E-state index >= 15 is 0 Å². The zero-order valence-electron chi connectivity index (χ0n) is 16.1. The molecule has 0 spiro atoms. The molecular formula is C20H26Cl2N4O2. The molecule has 0 aliphatic rings. The Kier molecular flexibility index (Phi) is 8.29. The summed E-state index contributed by atoms with van der Waals surface area (Å²) in [7, 11) is 0. The molecule has 6 nitrogen and oxygen atoms in total. The predicted octanol–water partition coefficient (Wildman–Crippen LogP) is 4.07. The van der Waals surface area contributed by atoms with Crippen molar-refractivity contribution in [2.24, 2.45) is 11.1 Å². The van der Waals surface area contributed by atoms with E-state index in [-0.39, 0.29) is 36.1 Å². The SMILES string of the molecule is CC(C)(C)[C@H](N)C(=O)Nc1ccc(OCc2cn3ccccc3n2)cc1.Cl.Cl. The van der Waals surface area contributed by atoms with Crippen molar-refractivity contribution < 1.29 is 9.53 Å². The van der Waals surface area contributed by atoms with Crippen LogP contribution in [0.4, 0.5) is 5.69 Å². The van der Waals surface area contributed by atoms with Crippen LogP contribution in [0.3, 0.4) is 0 Å². The number of aromatic nitrogens is 2. The molecule has 0 unspecified atom stereocenters. The maximum atomic E-state index is 12.2. The van der Waals surface area contributed by atoms with Gasteiger partial charge in [-0.25, -0.2) is 4.98 Å². The number of nitrogens with zero attached hydrogens (tertiary/aromatic N) is 2. The summed E-state index contributed by atoms with van der Waals surface area (Å²) in [5, 5.41) is 2.83. The number of carbonyl (C=O) groups excluding carboxylic acids is 1.